The van der Waals surface area contributed by atoms with Crippen LogP contribution in [0.2, 0.25) is 0 Å². The fraction of sp³-hybridized carbons (Fsp3) is 0.0588. The zero-order valence-electron chi connectivity index (χ0n) is 11.0. The van der Waals surface area contributed by atoms with Crippen molar-refractivity contribution in [2.45, 2.75) is 6.04 Å². The van der Waals surface area contributed by atoms with Crippen LogP contribution in [0.1, 0.15) is 17.3 Å². The van der Waals surface area contributed by atoms with Crippen LogP contribution in [-0.4, -0.2) is 10.2 Å². The second-order valence-corrected chi connectivity index (χ2v) is 4.50. The zero-order chi connectivity index (χ0) is 13.6. The molecule has 0 bridgehead atoms. The number of hydrogen-bond donors (Lipinski definition) is 1. The number of nitrogens with zero attached hydrogens (tertiary/aromatic N) is 2. The molecule has 0 spiro atoms. The molecule has 0 saturated heterocycles. The Hall–Kier alpha value is -2.68. The largest absolute Gasteiger partial charge is 0.373 e. The van der Waals surface area contributed by atoms with E-state index in [2.05, 4.69) is 27.6 Å². The fourth-order valence-corrected chi connectivity index (χ4v) is 2.14. The van der Waals surface area contributed by atoms with E-state index in [1.54, 1.807) is 6.20 Å². The highest BCUT2D eigenvalue weighted by molar-refractivity contribution is 5.47. The van der Waals surface area contributed by atoms with E-state index in [1.165, 1.54) is 0 Å². The molecule has 3 aromatic rings. The first-order valence-corrected chi connectivity index (χ1v) is 6.57. The monoisotopic (exact) mass is 261 g/mol. The van der Waals surface area contributed by atoms with Crippen molar-refractivity contribution >= 4 is 5.69 Å². The van der Waals surface area contributed by atoms with Gasteiger partial charge < -0.3 is 5.32 Å². The minimum absolute atomic E-state index is 0.00713. The summed E-state index contributed by atoms with van der Waals surface area (Å²) < 4.78 is 0. The molecule has 1 heterocycles. The smallest absolute Gasteiger partial charge is 0.0958 e. The van der Waals surface area contributed by atoms with Gasteiger partial charge in [-0.1, -0.05) is 48.5 Å². The van der Waals surface area contributed by atoms with Crippen molar-refractivity contribution in [2.75, 3.05) is 5.32 Å². The van der Waals surface area contributed by atoms with E-state index >= 15 is 0 Å². The molecule has 0 aliphatic carbocycles. The van der Waals surface area contributed by atoms with E-state index in [-0.39, 0.29) is 6.04 Å². The lowest BCUT2D eigenvalue weighted by molar-refractivity contribution is 0.834. The van der Waals surface area contributed by atoms with Crippen molar-refractivity contribution < 1.29 is 0 Å². The molecule has 1 unspecified atom stereocenters. The fourth-order valence-electron chi connectivity index (χ4n) is 2.14. The summed E-state index contributed by atoms with van der Waals surface area (Å²) in [5.41, 5.74) is 3.13. The Kier molecular flexibility index (Phi) is 3.69. The summed E-state index contributed by atoms with van der Waals surface area (Å²) in [5, 5.41) is 11.7. The summed E-state index contributed by atoms with van der Waals surface area (Å²) in [5.74, 6) is 0. The quantitative estimate of drug-likeness (QED) is 0.778. The lowest BCUT2D eigenvalue weighted by atomic mass is 10.0. The van der Waals surface area contributed by atoms with Gasteiger partial charge in [0.25, 0.3) is 0 Å². The average molecular weight is 261 g/mol. The van der Waals surface area contributed by atoms with Crippen LogP contribution in [0.5, 0.6) is 0 Å². The maximum Gasteiger partial charge on any atom is 0.0958 e. The first-order chi connectivity index (χ1) is 9.93. The van der Waals surface area contributed by atoms with Crippen molar-refractivity contribution in [2.24, 2.45) is 0 Å². The van der Waals surface area contributed by atoms with Crippen LogP contribution in [0.25, 0.3) is 0 Å². The molecule has 0 amide bonds. The van der Waals surface area contributed by atoms with E-state index in [9.17, 15) is 0 Å². The van der Waals surface area contributed by atoms with Gasteiger partial charge in [0.1, 0.15) is 0 Å². The number of para-hydroxylation sites is 1. The van der Waals surface area contributed by atoms with Crippen LogP contribution in [0.4, 0.5) is 5.69 Å². The van der Waals surface area contributed by atoms with E-state index in [0.717, 1.165) is 16.9 Å². The normalized spacial score (nSPS) is 11.8. The Balaban J connectivity index is 1.96. The summed E-state index contributed by atoms with van der Waals surface area (Å²) in [6.45, 7) is 0. The number of aromatic nitrogens is 2. The van der Waals surface area contributed by atoms with Crippen molar-refractivity contribution in [1.29, 1.82) is 0 Å². The van der Waals surface area contributed by atoms with Crippen LogP contribution in [0, 0.1) is 0 Å². The van der Waals surface area contributed by atoms with Gasteiger partial charge in [0, 0.05) is 11.9 Å². The van der Waals surface area contributed by atoms with Crippen molar-refractivity contribution in [3.8, 4) is 0 Å². The van der Waals surface area contributed by atoms with Gasteiger partial charge >= 0.3 is 0 Å². The number of anilines is 1. The molecule has 1 atom stereocenters. The van der Waals surface area contributed by atoms with Crippen LogP contribution >= 0.6 is 0 Å². The van der Waals surface area contributed by atoms with Gasteiger partial charge in [0.05, 0.1) is 11.7 Å². The summed E-state index contributed by atoms with van der Waals surface area (Å²) >= 11 is 0. The molecule has 2 aromatic carbocycles. The summed E-state index contributed by atoms with van der Waals surface area (Å²) in [7, 11) is 0. The third-order valence-corrected chi connectivity index (χ3v) is 3.11. The predicted molar refractivity (Wildman–Crippen MR) is 80.4 cm³/mol. The van der Waals surface area contributed by atoms with Gasteiger partial charge in [-0.05, 0) is 29.8 Å². The second kappa shape index (κ2) is 5.97. The minimum atomic E-state index is -0.00713. The van der Waals surface area contributed by atoms with Crippen LogP contribution in [-0.2, 0) is 0 Å². The average Bonchev–Trinajstić information content (AvgIpc) is 2.55. The molecule has 0 aliphatic rings. The Morgan fingerprint density at radius 3 is 2.10 bits per heavy atom. The Morgan fingerprint density at radius 2 is 1.45 bits per heavy atom. The van der Waals surface area contributed by atoms with E-state index in [1.807, 2.05) is 60.7 Å². The molecule has 0 saturated carbocycles. The molecule has 0 fully saturated rings. The van der Waals surface area contributed by atoms with E-state index in [0.29, 0.717) is 0 Å². The molecule has 1 aromatic heterocycles. The third-order valence-electron chi connectivity index (χ3n) is 3.11. The lowest BCUT2D eigenvalue weighted by Crippen LogP contribution is -2.14. The van der Waals surface area contributed by atoms with Gasteiger partial charge in [-0.25, -0.2) is 0 Å². The minimum Gasteiger partial charge on any atom is -0.373 e. The maximum absolute atomic E-state index is 4.24. The molecule has 0 radical (unpaired) electrons. The molecule has 0 aliphatic heterocycles. The second-order valence-electron chi connectivity index (χ2n) is 4.50. The SMILES string of the molecule is c1ccc(NC(c2ccccc2)c2cccnn2)cc1. The number of rotatable bonds is 4. The van der Waals surface area contributed by atoms with Crippen molar-refractivity contribution in [3.63, 3.8) is 0 Å². The summed E-state index contributed by atoms with van der Waals surface area (Å²) in [4.78, 5) is 0. The van der Waals surface area contributed by atoms with Gasteiger partial charge in [0.15, 0.2) is 0 Å². The highest BCUT2D eigenvalue weighted by Gasteiger charge is 2.15. The van der Waals surface area contributed by atoms with Gasteiger partial charge in [-0.3, -0.25) is 0 Å². The maximum atomic E-state index is 4.24. The number of benzene rings is 2. The standard InChI is InChI=1S/C17H15N3/c1-3-8-14(9-4-1)17(16-12-7-13-18-20-16)19-15-10-5-2-6-11-15/h1-13,17,19H. The van der Waals surface area contributed by atoms with Crippen LogP contribution in [0.3, 0.4) is 0 Å². The number of hydrogen-bond acceptors (Lipinski definition) is 3. The van der Waals surface area contributed by atoms with Gasteiger partial charge in [-0.15, -0.1) is 0 Å². The molecule has 98 valence electrons. The Bertz CT molecular complexity index is 599. The van der Waals surface area contributed by atoms with Crippen LogP contribution < -0.4 is 5.32 Å². The van der Waals surface area contributed by atoms with Crippen molar-refractivity contribution in [3.05, 3.63) is 90.3 Å². The molecule has 1 N–H and O–H groups in total. The Morgan fingerprint density at radius 1 is 0.750 bits per heavy atom. The summed E-state index contributed by atoms with van der Waals surface area (Å²) in [6.07, 6.45) is 1.69. The van der Waals surface area contributed by atoms with Gasteiger partial charge in [-0.2, -0.15) is 10.2 Å². The molecular weight excluding hydrogens is 246 g/mol. The van der Waals surface area contributed by atoms with E-state index in [4.69, 9.17) is 0 Å². The molecule has 3 rings (SSSR count). The molecule has 3 heteroatoms. The molecule has 20 heavy (non-hydrogen) atoms. The topological polar surface area (TPSA) is 37.8 Å². The predicted octanol–water partition coefficient (Wildman–Crippen LogP) is 3.68. The van der Waals surface area contributed by atoms with Crippen LogP contribution in [0.15, 0.2) is 79.0 Å². The first-order valence-electron chi connectivity index (χ1n) is 6.57. The lowest BCUT2D eigenvalue weighted by Gasteiger charge is -2.19. The highest BCUT2D eigenvalue weighted by atomic mass is 15.1. The first kappa shape index (κ1) is 12.4. The molecular formula is C17H15N3. The third kappa shape index (κ3) is 2.83. The number of nitrogens with one attached hydrogen (secondary N) is 1. The molecule has 3 nitrogen and oxygen atoms in total. The Labute approximate surface area is 118 Å². The summed E-state index contributed by atoms with van der Waals surface area (Å²) in [6, 6.07) is 24.3. The zero-order valence-corrected chi connectivity index (χ0v) is 11.0. The van der Waals surface area contributed by atoms with E-state index < -0.39 is 0 Å². The van der Waals surface area contributed by atoms with Crippen molar-refractivity contribution in [1.82, 2.24) is 10.2 Å². The van der Waals surface area contributed by atoms with Gasteiger partial charge in [0.2, 0.25) is 0 Å². The highest BCUT2D eigenvalue weighted by Crippen LogP contribution is 2.24.